The summed E-state index contributed by atoms with van der Waals surface area (Å²) in [6, 6.07) is 19.1. The van der Waals surface area contributed by atoms with Crippen LogP contribution in [0.15, 0.2) is 77.7 Å². The van der Waals surface area contributed by atoms with Gasteiger partial charge in [0.1, 0.15) is 18.3 Å². The number of aryl methyl sites for hydroxylation is 1. The number of carbonyl (C=O) groups is 2. The third-order valence-electron chi connectivity index (χ3n) is 6.23. The lowest BCUT2D eigenvalue weighted by molar-refractivity contribution is -0.140. The molecule has 0 aliphatic rings. The fraction of sp³-hybridized carbons (Fsp3) is 0.310. The molecule has 0 unspecified atom stereocenters. The van der Waals surface area contributed by atoms with Gasteiger partial charge in [0.25, 0.3) is 10.0 Å². The van der Waals surface area contributed by atoms with Gasteiger partial charge in [0.2, 0.25) is 11.8 Å². The molecule has 1 N–H and O–H groups in total. The van der Waals surface area contributed by atoms with Crippen molar-refractivity contribution in [2.75, 3.05) is 24.5 Å². The second-order valence-corrected chi connectivity index (χ2v) is 11.3. The summed E-state index contributed by atoms with van der Waals surface area (Å²) in [7, 11) is -2.59. The van der Waals surface area contributed by atoms with Crippen molar-refractivity contribution in [1.29, 1.82) is 0 Å². The van der Waals surface area contributed by atoms with Gasteiger partial charge in [-0.25, -0.2) is 8.42 Å². The van der Waals surface area contributed by atoms with Crippen LogP contribution in [-0.2, 0) is 26.2 Å². The van der Waals surface area contributed by atoms with Gasteiger partial charge in [-0.2, -0.15) is 0 Å². The largest absolute Gasteiger partial charge is 0.497 e. The summed E-state index contributed by atoms with van der Waals surface area (Å²) in [5.41, 5.74) is 1.91. The number of hydrogen-bond donors (Lipinski definition) is 1. The molecule has 10 heteroatoms. The van der Waals surface area contributed by atoms with Crippen molar-refractivity contribution in [3.63, 3.8) is 0 Å². The number of sulfonamides is 1. The second kappa shape index (κ2) is 13.5. The van der Waals surface area contributed by atoms with Gasteiger partial charge in [0.05, 0.1) is 17.7 Å². The van der Waals surface area contributed by atoms with Crippen LogP contribution >= 0.6 is 11.6 Å². The van der Waals surface area contributed by atoms with E-state index in [0.29, 0.717) is 23.7 Å². The topological polar surface area (TPSA) is 96.0 Å². The Hall–Kier alpha value is -3.56. The average molecular weight is 572 g/mol. The number of hydrogen-bond acceptors (Lipinski definition) is 5. The lowest BCUT2D eigenvalue weighted by Crippen LogP contribution is -2.52. The minimum atomic E-state index is -4.15. The van der Waals surface area contributed by atoms with Gasteiger partial charge in [0.15, 0.2) is 0 Å². The SMILES string of the molecule is CCNC(=O)[C@@H](CC)N(Cc1ccc(OC)cc1)C(=O)CN(c1cccc(Cl)c1)S(=O)(=O)c1ccc(C)cc1. The molecule has 0 aliphatic heterocycles. The molecular weight excluding hydrogens is 538 g/mol. The first-order valence-electron chi connectivity index (χ1n) is 12.7. The first kappa shape index (κ1) is 30.0. The minimum Gasteiger partial charge on any atom is -0.497 e. The smallest absolute Gasteiger partial charge is 0.264 e. The molecule has 0 saturated heterocycles. The molecule has 3 aromatic carbocycles. The molecule has 3 aromatic rings. The van der Waals surface area contributed by atoms with Gasteiger partial charge < -0.3 is 15.0 Å². The number of halogens is 1. The number of methoxy groups -OCH3 is 1. The van der Waals surface area contributed by atoms with Crippen molar-refractivity contribution in [3.8, 4) is 5.75 Å². The number of benzene rings is 3. The third-order valence-corrected chi connectivity index (χ3v) is 8.26. The molecule has 39 heavy (non-hydrogen) atoms. The van der Waals surface area contributed by atoms with E-state index in [1.165, 1.54) is 23.1 Å². The van der Waals surface area contributed by atoms with Gasteiger partial charge in [-0.3, -0.25) is 13.9 Å². The minimum absolute atomic E-state index is 0.0401. The molecule has 0 aliphatic carbocycles. The fourth-order valence-electron chi connectivity index (χ4n) is 4.14. The standard InChI is InChI=1S/C29H34ClN3O5S/c1-5-27(29(35)31-6-2)32(19-22-12-14-25(38-4)15-13-22)28(34)20-33(24-9-7-8-23(30)18-24)39(36,37)26-16-10-21(3)11-17-26/h7-18,27H,5-6,19-20H2,1-4H3,(H,31,35)/t27-/m1/s1. The maximum Gasteiger partial charge on any atom is 0.264 e. The van der Waals surface area contributed by atoms with E-state index in [4.69, 9.17) is 16.3 Å². The Kier molecular flexibility index (Phi) is 10.4. The molecule has 0 fully saturated rings. The van der Waals surface area contributed by atoms with Crippen molar-refractivity contribution in [2.45, 2.75) is 44.7 Å². The average Bonchev–Trinajstić information content (AvgIpc) is 2.92. The summed E-state index contributed by atoms with van der Waals surface area (Å²) >= 11 is 6.21. The summed E-state index contributed by atoms with van der Waals surface area (Å²) in [6.45, 7) is 5.45. The molecule has 3 rings (SSSR count). The highest BCUT2D eigenvalue weighted by Gasteiger charge is 2.33. The number of carbonyl (C=O) groups excluding carboxylic acids is 2. The van der Waals surface area contributed by atoms with Crippen LogP contribution in [0.5, 0.6) is 5.75 Å². The number of anilines is 1. The molecule has 1 atom stereocenters. The molecular formula is C29H34ClN3O5S. The van der Waals surface area contributed by atoms with Crippen LogP contribution in [0.1, 0.15) is 31.4 Å². The molecule has 0 bridgehead atoms. The number of nitrogens with one attached hydrogen (secondary N) is 1. The number of likely N-dealkylation sites (N-methyl/N-ethyl adjacent to an activating group) is 1. The molecule has 8 nitrogen and oxygen atoms in total. The lowest BCUT2D eigenvalue weighted by atomic mass is 10.1. The molecule has 0 heterocycles. The Balaban J connectivity index is 2.05. The predicted octanol–water partition coefficient (Wildman–Crippen LogP) is 4.80. The summed E-state index contributed by atoms with van der Waals surface area (Å²) in [4.78, 5) is 28.4. The van der Waals surface area contributed by atoms with Crippen molar-refractivity contribution in [2.24, 2.45) is 0 Å². The summed E-state index contributed by atoms with van der Waals surface area (Å²) < 4.78 is 33.9. The quantitative estimate of drug-likeness (QED) is 0.337. The predicted molar refractivity (Wildman–Crippen MR) is 153 cm³/mol. The summed E-state index contributed by atoms with van der Waals surface area (Å²) in [5, 5.41) is 3.11. The number of nitrogens with zero attached hydrogens (tertiary/aromatic N) is 2. The normalized spacial score (nSPS) is 11.9. The van der Waals surface area contributed by atoms with Crippen LogP contribution in [-0.4, -0.2) is 51.4 Å². The van der Waals surface area contributed by atoms with Crippen molar-refractivity contribution in [1.82, 2.24) is 10.2 Å². The molecule has 0 spiro atoms. The van der Waals surface area contributed by atoms with E-state index in [0.717, 1.165) is 15.4 Å². The van der Waals surface area contributed by atoms with Crippen LogP contribution in [0, 0.1) is 6.92 Å². The van der Waals surface area contributed by atoms with Gasteiger partial charge >= 0.3 is 0 Å². The van der Waals surface area contributed by atoms with Gasteiger partial charge in [-0.15, -0.1) is 0 Å². The number of rotatable bonds is 12. The van der Waals surface area contributed by atoms with E-state index in [2.05, 4.69) is 5.32 Å². The highest BCUT2D eigenvalue weighted by atomic mass is 35.5. The number of amides is 2. The van der Waals surface area contributed by atoms with Crippen LogP contribution in [0.4, 0.5) is 5.69 Å². The van der Waals surface area contributed by atoms with Gasteiger partial charge in [-0.05, 0) is 68.3 Å². The van der Waals surface area contributed by atoms with E-state index in [1.807, 2.05) is 13.8 Å². The Morgan fingerprint density at radius 3 is 2.23 bits per heavy atom. The fourth-order valence-corrected chi connectivity index (χ4v) is 5.73. The monoisotopic (exact) mass is 571 g/mol. The maximum atomic E-state index is 14.0. The van der Waals surface area contributed by atoms with E-state index in [9.17, 15) is 18.0 Å². The lowest BCUT2D eigenvalue weighted by Gasteiger charge is -2.33. The van der Waals surface area contributed by atoms with Gasteiger partial charge in [-0.1, -0.05) is 54.4 Å². The third kappa shape index (κ3) is 7.52. The van der Waals surface area contributed by atoms with E-state index in [-0.39, 0.29) is 23.0 Å². The molecule has 0 saturated carbocycles. The van der Waals surface area contributed by atoms with E-state index < -0.39 is 28.5 Å². The Labute approximate surface area is 235 Å². The van der Waals surface area contributed by atoms with E-state index >= 15 is 0 Å². The van der Waals surface area contributed by atoms with Gasteiger partial charge in [0, 0.05) is 18.1 Å². The zero-order valence-corrected chi connectivity index (χ0v) is 24.1. The molecule has 0 aromatic heterocycles. The number of ether oxygens (including phenoxy) is 1. The molecule has 0 radical (unpaired) electrons. The van der Waals surface area contributed by atoms with Crippen molar-refractivity contribution in [3.05, 3.63) is 88.9 Å². The second-order valence-electron chi connectivity index (χ2n) is 8.99. The van der Waals surface area contributed by atoms with Crippen molar-refractivity contribution < 1.29 is 22.7 Å². The molecule has 208 valence electrons. The molecule has 2 amide bonds. The Morgan fingerprint density at radius 1 is 1.00 bits per heavy atom. The Morgan fingerprint density at radius 2 is 1.67 bits per heavy atom. The van der Waals surface area contributed by atoms with Crippen LogP contribution < -0.4 is 14.4 Å². The summed E-state index contributed by atoms with van der Waals surface area (Å²) in [5.74, 6) is -0.180. The highest BCUT2D eigenvalue weighted by molar-refractivity contribution is 7.92. The van der Waals surface area contributed by atoms with E-state index in [1.54, 1.807) is 68.6 Å². The van der Waals surface area contributed by atoms with Crippen LogP contribution in [0.25, 0.3) is 0 Å². The summed E-state index contributed by atoms with van der Waals surface area (Å²) in [6.07, 6.45) is 0.343. The first-order chi connectivity index (χ1) is 18.6. The highest BCUT2D eigenvalue weighted by Crippen LogP contribution is 2.27. The van der Waals surface area contributed by atoms with Crippen LogP contribution in [0.3, 0.4) is 0 Å². The van der Waals surface area contributed by atoms with Crippen molar-refractivity contribution >= 4 is 39.1 Å². The maximum absolute atomic E-state index is 14.0. The Bertz CT molecular complexity index is 1380. The van der Waals surface area contributed by atoms with Crippen LogP contribution in [0.2, 0.25) is 5.02 Å². The zero-order chi connectivity index (χ0) is 28.6. The first-order valence-corrected chi connectivity index (χ1v) is 14.5. The zero-order valence-electron chi connectivity index (χ0n) is 22.6.